The molecule has 1 heterocycles. The fraction of sp³-hybridized carbons (Fsp3) is 0.786. The molecule has 1 rings (SSSR count). The number of aliphatic carboxylic acids is 1. The molecule has 5 nitrogen and oxygen atoms in total. The molecule has 0 aromatic heterocycles. The van der Waals surface area contributed by atoms with Crippen LogP contribution in [0.5, 0.6) is 0 Å². The van der Waals surface area contributed by atoms with Crippen LogP contribution in [-0.2, 0) is 14.4 Å². The molecule has 1 aliphatic heterocycles. The van der Waals surface area contributed by atoms with Crippen molar-refractivity contribution in [2.75, 3.05) is 0 Å². The number of rotatable bonds is 8. The maximum atomic E-state index is 11.9. The summed E-state index contributed by atoms with van der Waals surface area (Å²) in [7, 11) is 0. The minimum atomic E-state index is -1.33. The zero-order valence-corrected chi connectivity index (χ0v) is 14.5. The van der Waals surface area contributed by atoms with Gasteiger partial charge in [-0.05, 0) is 12.8 Å². The van der Waals surface area contributed by atoms with Crippen LogP contribution < -0.4 is 34.7 Å². The van der Waals surface area contributed by atoms with E-state index in [1.807, 2.05) is 0 Å². The van der Waals surface area contributed by atoms with E-state index in [0.717, 1.165) is 24.2 Å². The Morgan fingerprint density at radius 1 is 1.20 bits per heavy atom. The molecule has 1 unspecified atom stereocenters. The summed E-state index contributed by atoms with van der Waals surface area (Å²) >= 11 is 0. The summed E-state index contributed by atoms with van der Waals surface area (Å²) in [6.45, 7) is 2.14. The second kappa shape index (κ2) is 10.4. The van der Waals surface area contributed by atoms with E-state index in [9.17, 15) is 19.5 Å². The molecular formula is C14H22NNaO4. The van der Waals surface area contributed by atoms with Crippen LogP contribution in [0, 0.1) is 0 Å². The smallest absolute Gasteiger partial charge is 0.548 e. The Labute approximate surface area is 142 Å². The SMILES string of the molecule is CCCCCCCCC(=O)N1C(=O)CCC1C(=O)[O-].[Na+]. The number of carboxylic acids is 1. The van der Waals surface area contributed by atoms with Gasteiger partial charge in [0.2, 0.25) is 11.8 Å². The van der Waals surface area contributed by atoms with Gasteiger partial charge in [-0.2, -0.15) is 0 Å². The molecule has 2 amide bonds. The maximum absolute atomic E-state index is 11.9. The number of likely N-dealkylation sites (tertiary alicyclic amines) is 1. The largest absolute Gasteiger partial charge is 1.00 e. The van der Waals surface area contributed by atoms with Crippen LogP contribution in [0.25, 0.3) is 0 Å². The molecule has 0 saturated carbocycles. The molecule has 0 aromatic carbocycles. The second-order valence-corrected chi connectivity index (χ2v) is 5.05. The Morgan fingerprint density at radius 2 is 1.80 bits per heavy atom. The van der Waals surface area contributed by atoms with Gasteiger partial charge in [-0.25, -0.2) is 0 Å². The van der Waals surface area contributed by atoms with Gasteiger partial charge < -0.3 is 9.90 Å². The molecular weight excluding hydrogens is 269 g/mol. The third-order valence-corrected chi connectivity index (χ3v) is 3.50. The molecule has 0 bridgehead atoms. The summed E-state index contributed by atoms with van der Waals surface area (Å²) in [6.07, 6.45) is 6.84. The van der Waals surface area contributed by atoms with Gasteiger partial charge >= 0.3 is 29.6 Å². The second-order valence-electron chi connectivity index (χ2n) is 5.05. The predicted molar refractivity (Wildman–Crippen MR) is 67.9 cm³/mol. The van der Waals surface area contributed by atoms with E-state index in [4.69, 9.17) is 0 Å². The van der Waals surface area contributed by atoms with Crippen LogP contribution in [0.1, 0.15) is 64.7 Å². The Kier molecular flexibility index (Phi) is 10.2. The number of hydrogen-bond acceptors (Lipinski definition) is 4. The minimum Gasteiger partial charge on any atom is -0.548 e. The molecule has 1 saturated heterocycles. The van der Waals surface area contributed by atoms with Crippen LogP contribution in [0.3, 0.4) is 0 Å². The third kappa shape index (κ3) is 5.94. The van der Waals surface area contributed by atoms with E-state index in [0.29, 0.717) is 6.42 Å². The molecule has 1 aliphatic rings. The molecule has 108 valence electrons. The van der Waals surface area contributed by atoms with Gasteiger partial charge in [0.25, 0.3) is 0 Å². The van der Waals surface area contributed by atoms with Crippen molar-refractivity contribution >= 4 is 17.8 Å². The van der Waals surface area contributed by atoms with Crippen molar-refractivity contribution in [2.45, 2.75) is 70.8 Å². The molecule has 1 atom stereocenters. The summed E-state index contributed by atoms with van der Waals surface area (Å²) < 4.78 is 0. The molecule has 1 fully saturated rings. The Morgan fingerprint density at radius 3 is 2.40 bits per heavy atom. The van der Waals surface area contributed by atoms with Crippen molar-refractivity contribution in [3.63, 3.8) is 0 Å². The van der Waals surface area contributed by atoms with E-state index in [1.54, 1.807) is 0 Å². The van der Waals surface area contributed by atoms with Crippen LogP contribution in [0.15, 0.2) is 0 Å². The van der Waals surface area contributed by atoms with Gasteiger partial charge in [-0.1, -0.05) is 39.0 Å². The Bertz CT molecular complexity index is 346. The van der Waals surface area contributed by atoms with Crippen LogP contribution in [-0.4, -0.2) is 28.7 Å². The van der Waals surface area contributed by atoms with E-state index in [-0.39, 0.29) is 60.6 Å². The molecule has 20 heavy (non-hydrogen) atoms. The van der Waals surface area contributed by atoms with Gasteiger partial charge in [0.1, 0.15) is 0 Å². The minimum absolute atomic E-state index is 0. The first-order valence-corrected chi connectivity index (χ1v) is 7.13. The van der Waals surface area contributed by atoms with Crippen LogP contribution in [0.2, 0.25) is 0 Å². The third-order valence-electron chi connectivity index (χ3n) is 3.50. The number of nitrogens with zero attached hydrogens (tertiary/aromatic N) is 1. The number of carbonyl (C=O) groups is 3. The van der Waals surface area contributed by atoms with Crippen molar-refractivity contribution < 1.29 is 49.0 Å². The monoisotopic (exact) mass is 291 g/mol. The number of hydrogen-bond donors (Lipinski definition) is 0. The van der Waals surface area contributed by atoms with Gasteiger partial charge in [0.15, 0.2) is 0 Å². The fourth-order valence-electron chi connectivity index (χ4n) is 2.40. The van der Waals surface area contributed by atoms with E-state index in [1.165, 1.54) is 12.8 Å². The van der Waals surface area contributed by atoms with Crippen LogP contribution in [0.4, 0.5) is 0 Å². The Balaban J connectivity index is 0.00000361. The molecule has 0 radical (unpaired) electrons. The predicted octanol–water partition coefficient (Wildman–Crippen LogP) is -1.99. The average molecular weight is 291 g/mol. The fourth-order valence-corrected chi connectivity index (χ4v) is 2.40. The van der Waals surface area contributed by atoms with Crippen molar-refractivity contribution in [3.8, 4) is 0 Å². The van der Waals surface area contributed by atoms with E-state index < -0.39 is 12.0 Å². The standard InChI is InChI=1S/C14H23NO4.Na/c1-2-3-4-5-6-7-8-12(16)15-11(14(18)19)9-10-13(15)17;/h11H,2-10H2,1H3,(H,18,19);/q;+1/p-1. The normalized spacial score (nSPS) is 17.9. The number of amides is 2. The van der Waals surface area contributed by atoms with Crippen molar-refractivity contribution in [1.82, 2.24) is 4.90 Å². The topological polar surface area (TPSA) is 77.5 Å². The summed E-state index contributed by atoms with van der Waals surface area (Å²) in [4.78, 5) is 35.1. The van der Waals surface area contributed by atoms with Crippen molar-refractivity contribution in [1.29, 1.82) is 0 Å². The summed E-state index contributed by atoms with van der Waals surface area (Å²) in [5.74, 6) is -2.08. The first kappa shape index (κ1) is 19.6. The maximum Gasteiger partial charge on any atom is 1.00 e. The van der Waals surface area contributed by atoms with Gasteiger partial charge in [0.05, 0.1) is 12.0 Å². The van der Waals surface area contributed by atoms with E-state index >= 15 is 0 Å². The Hall–Kier alpha value is -0.390. The first-order valence-electron chi connectivity index (χ1n) is 7.13. The van der Waals surface area contributed by atoms with E-state index in [2.05, 4.69) is 6.92 Å². The van der Waals surface area contributed by atoms with Gasteiger partial charge in [0, 0.05) is 12.8 Å². The summed E-state index contributed by atoms with van der Waals surface area (Å²) in [5.41, 5.74) is 0. The zero-order chi connectivity index (χ0) is 14.3. The first-order chi connectivity index (χ1) is 9.07. The number of unbranched alkanes of at least 4 members (excludes halogenated alkanes) is 5. The number of carboxylic acid groups (broad SMARTS) is 1. The molecule has 6 heteroatoms. The van der Waals surface area contributed by atoms with Crippen molar-refractivity contribution in [2.24, 2.45) is 0 Å². The number of imide groups is 1. The van der Waals surface area contributed by atoms with Crippen molar-refractivity contribution in [3.05, 3.63) is 0 Å². The molecule has 0 aromatic rings. The van der Waals surface area contributed by atoms with Gasteiger partial charge in [-0.3, -0.25) is 14.5 Å². The summed E-state index contributed by atoms with van der Waals surface area (Å²) in [6, 6.07) is -1.06. The molecule has 0 N–H and O–H groups in total. The van der Waals surface area contributed by atoms with Gasteiger partial charge in [-0.15, -0.1) is 0 Å². The summed E-state index contributed by atoms with van der Waals surface area (Å²) in [5, 5.41) is 10.9. The molecule has 0 aliphatic carbocycles. The average Bonchev–Trinajstić information content (AvgIpc) is 2.75. The van der Waals surface area contributed by atoms with Crippen LogP contribution >= 0.6 is 0 Å². The zero-order valence-electron chi connectivity index (χ0n) is 12.5. The number of carbonyl (C=O) groups excluding carboxylic acids is 3. The molecule has 0 spiro atoms. The quantitative estimate of drug-likeness (QED) is 0.383.